The first-order chi connectivity index (χ1) is 10.6. The third-order valence-corrected chi connectivity index (χ3v) is 2.82. The lowest BCUT2D eigenvalue weighted by atomic mass is 10.3. The number of hydrogen-bond acceptors (Lipinski definition) is 5. The summed E-state index contributed by atoms with van der Waals surface area (Å²) in [6, 6.07) is 4.51. The molecule has 11 heteroatoms. The topological polar surface area (TPSA) is 96.4 Å². The van der Waals surface area contributed by atoms with Crippen molar-refractivity contribution in [3.63, 3.8) is 0 Å². The molecule has 0 spiro atoms. The normalized spacial score (nSPS) is 11.3. The van der Waals surface area contributed by atoms with Crippen molar-refractivity contribution in [2.75, 3.05) is 0 Å². The Bertz CT molecular complexity index is 867. The predicted molar refractivity (Wildman–Crippen MR) is 70.1 cm³/mol. The van der Waals surface area contributed by atoms with E-state index in [0.717, 1.165) is 31.3 Å². The van der Waals surface area contributed by atoms with E-state index in [4.69, 9.17) is 4.84 Å². The summed E-state index contributed by atoms with van der Waals surface area (Å²) in [5.74, 6) is -0.130. The maximum Gasteiger partial charge on any atom is 0.431 e. The molecular formula is C12H8F3N3O5. The van der Waals surface area contributed by atoms with Crippen molar-refractivity contribution < 1.29 is 22.9 Å². The van der Waals surface area contributed by atoms with E-state index in [0.29, 0.717) is 0 Å². The molecule has 0 amide bonds. The van der Waals surface area contributed by atoms with Crippen LogP contribution < -0.4 is 16.1 Å². The Morgan fingerprint density at radius 1 is 1.17 bits per heavy atom. The number of rotatable bonds is 3. The SMILES string of the molecule is Cn1c(C(F)(F)F)cc(=O)n(Oc2ccc([N+](=O)[O-])cc2)c1=O. The Hall–Kier alpha value is -3.11. The van der Waals surface area contributed by atoms with Gasteiger partial charge in [0.15, 0.2) is 5.75 Å². The minimum Gasteiger partial charge on any atom is -0.367 e. The fourth-order valence-electron chi connectivity index (χ4n) is 1.70. The van der Waals surface area contributed by atoms with Crippen LogP contribution in [0.5, 0.6) is 5.75 Å². The number of nitrogens with zero attached hydrogens (tertiary/aromatic N) is 3. The second kappa shape index (κ2) is 5.59. The Balaban J connectivity index is 2.45. The number of alkyl halides is 3. The van der Waals surface area contributed by atoms with E-state index >= 15 is 0 Å². The van der Waals surface area contributed by atoms with Crippen LogP contribution in [-0.4, -0.2) is 14.2 Å². The number of aromatic nitrogens is 2. The molecule has 122 valence electrons. The van der Waals surface area contributed by atoms with Crippen molar-refractivity contribution >= 4 is 5.69 Å². The van der Waals surface area contributed by atoms with Crippen LogP contribution in [-0.2, 0) is 13.2 Å². The minimum atomic E-state index is -4.88. The largest absolute Gasteiger partial charge is 0.431 e. The molecule has 0 radical (unpaired) electrons. The monoisotopic (exact) mass is 331 g/mol. The molecule has 1 aromatic heterocycles. The predicted octanol–water partition coefficient (Wildman–Crippen LogP) is 1.32. The fourth-order valence-corrected chi connectivity index (χ4v) is 1.70. The molecule has 0 N–H and O–H groups in total. The Labute approximate surface area is 125 Å². The van der Waals surface area contributed by atoms with Gasteiger partial charge >= 0.3 is 11.9 Å². The van der Waals surface area contributed by atoms with Crippen molar-refractivity contribution in [2.24, 2.45) is 7.05 Å². The zero-order chi connectivity index (χ0) is 17.4. The van der Waals surface area contributed by atoms with Crippen molar-refractivity contribution in [3.05, 3.63) is 67.0 Å². The summed E-state index contributed by atoms with van der Waals surface area (Å²) in [6.45, 7) is 0. The highest BCUT2D eigenvalue weighted by molar-refractivity contribution is 5.35. The highest BCUT2D eigenvalue weighted by Crippen LogP contribution is 2.26. The first-order valence-corrected chi connectivity index (χ1v) is 5.94. The summed E-state index contributed by atoms with van der Waals surface area (Å²) in [7, 11) is 0.834. The summed E-state index contributed by atoms with van der Waals surface area (Å²) < 4.78 is 38.4. The quantitative estimate of drug-likeness (QED) is 0.624. The second-order valence-electron chi connectivity index (χ2n) is 4.34. The molecule has 0 saturated carbocycles. The van der Waals surface area contributed by atoms with Gasteiger partial charge in [-0.2, -0.15) is 13.2 Å². The smallest absolute Gasteiger partial charge is 0.367 e. The molecule has 23 heavy (non-hydrogen) atoms. The number of non-ortho nitro benzene ring substituents is 1. The van der Waals surface area contributed by atoms with Gasteiger partial charge in [0.1, 0.15) is 5.69 Å². The number of halogens is 3. The van der Waals surface area contributed by atoms with Gasteiger partial charge in [0, 0.05) is 25.2 Å². The minimum absolute atomic E-state index is 0.121. The van der Waals surface area contributed by atoms with Crippen LogP contribution in [0.25, 0.3) is 0 Å². The third kappa shape index (κ3) is 3.22. The van der Waals surface area contributed by atoms with Crippen molar-refractivity contribution in [2.45, 2.75) is 6.18 Å². The van der Waals surface area contributed by atoms with Crippen LogP contribution in [0.4, 0.5) is 18.9 Å². The highest BCUT2D eigenvalue weighted by atomic mass is 19.4. The van der Waals surface area contributed by atoms with Gasteiger partial charge in [0.2, 0.25) is 0 Å². The molecule has 0 aliphatic heterocycles. The fraction of sp³-hybridized carbons (Fsp3) is 0.167. The van der Waals surface area contributed by atoms with Crippen molar-refractivity contribution in [1.29, 1.82) is 0 Å². The summed E-state index contributed by atoms with van der Waals surface area (Å²) in [4.78, 5) is 38.2. The molecule has 0 unspecified atom stereocenters. The first kappa shape index (κ1) is 16.3. The lowest BCUT2D eigenvalue weighted by molar-refractivity contribution is -0.384. The maximum atomic E-state index is 12.7. The van der Waals surface area contributed by atoms with Crippen LogP contribution in [0, 0.1) is 10.1 Å². The van der Waals surface area contributed by atoms with Crippen molar-refractivity contribution in [1.82, 2.24) is 9.30 Å². The van der Waals surface area contributed by atoms with E-state index in [1.54, 1.807) is 0 Å². The molecule has 2 rings (SSSR count). The summed E-state index contributed by atoms with van der Waals surface area (Å²) in [5.41, 5.74) is -4.34. The van der Waals surface area contributed by atoms with E-state index in [9.17, 15) is 32.9 Å². The standard InChI is InChI=1S/C12H8F3N3O5/c1-16-9(12(13,14)15)6-10(19)17(11(16)20)23-8-4-2-7(3-5-8)18(21)22/h2-6H,1H3. The van der Waals surface area contributed by atoms with Crippen LogP contribution in [0.3, 0.4) is 0 Å². The average molecular weight is 331 g/mol. The number of nitro groups is 1. The molecule has 0 aliphatic carbocycles. The van der Waals surface area contributed by atoms with E-state index < -0.39 is 28.0 Å². The Morgan fingerprint density at radius 2 is 1.74 bits per heavy atom. The van der Waals surface area contributed by atoms with Crippen LogP contribution in [0.15, 0.2) is 39.9 Å². The van der Waals surface area contributed by atoms with Crippen molar-refractivity contribution in [3.8, 4) is 5.75 Å². The molecule has 0 bridgehead atoms. The molecule has 1 heterocycles. The summed E-state index contributed by atoms with van der Waals surface area (Å²) in [6.07, 6.45) is -4.88. The van der Waals surface area contributed by atoms with Crippen LogP contribution in [0.2, 0.25) is 0 Å². The molecule has 2 aromatic rings. The molecular weight excluding hydrogens is 323 g/mol. The number of hydrogen-bond donors (Lipinski definition) is 0. The molecule has 0 saturated heterocycles. The summed E-state index contributed by atoms with van der Waals surface area (Å²) in [5, 5.41) is 10.5. The highest BCUT2D eigenvalue weighted by Gasteiger charge is 2.35. The average Bonchev–Trinajstić information content (AvgIpc) is 2.46. The Kier molecular flexibility index (Phi) is 3.95. The van der Waals surface area contributed by atoms with Gasteiger partial charge in [-0.3, -0.25) is 19.5 Å². The van der Waals surface area contributed by atoms with E-state index in [1.165, 1.54) is 0 Å². The van der Waals surface area contributed by atoms with Crippen LogP contribution >= 0.6 is 0 Å². The summed E-state index contributed by atoms with van der Waals surface area (Å²) >= 11 is 0. The molecule has 0 aliphatic rings. The van der Waals surface area contributed by atoms with E-state index in [1.807, 2.05) is 0 Å². The van der Waals surface area contributed by atoms with Gasteiger partial charge in [-0.1, -0.05) is 4.73 Å². The van der Waals surface area contributed by atoms with Gasteiger partial charge in [-0.25, -0.2) is 4.79 Å². The molecule has 1 aromatic carbocycles. The third-order valence-electron chi connectivity index (χ3n) is 2.82. The first-order valence-electron chi connectivity index (χ1n) is 5.94. The van der Waals surface area contributed by atoms with Gasteiger partial charge in [-0.05, 0) is 12.1 Å². The van der Waals surface area contributed by atoms with E-state index in [2.05, 4.69) is 0 Å². The molecule has 0 fully saturated rings. The van der Waals surface area contributed by atoms with Gasteiger partial charge < -0.3 is 4.84 Å². The second-order valence-corrected chi connectivity index (χ2v) is 4.34. The Morgan fingerprint density at radius 3 is 2.22 bits per heavy atom. The molecule has 8 nitrogen and oxygen atoms in total. The number of nitro benzene ring substituents is 1. The van der Waals surface area contributed by atoms with Gasteiger partial charge in [0.05, 0.1) is 4.92 Å². The van der Waals surface area contributed by atoms with E-state index in [-0.39, 0.29) is 26.8 Å². The van der Waals surface area contributed by atoms with Gasteiger partial charge in [-0.15, -0.1) is 0 Å². The lowest BCUT2D eigenvalue weighted by Gasteiger charge is -2.13. The van der Waals surface area contributed by atoms with Crippen LogP contribution in [0.1, 0.15) is 5.69 Å². The van der Waals surface area contributed by atoms with Gasteiger partial charge in [0.25, 0.3) is 11.2 Å². The lowest BCUT2D eigenvalue weighted by Crippen LogP contribution is -2.43. The molecule has 0 atom stereocenters. The zero-order valence-electron chi connectivity index (χ0n) is 11.4. The number of benzene rings is 1. The zero-order valence-corrected chi connectivity index (χ0v) is 11.4. The maximum absolute atomic E-state index is 12.7.